The summed E-state index contributed by atoms with van der Waals surface area (Å²) in [5.41, 5.74) is 1.34. The van der Waals surface area contributed by atoms with Gasteiger partial charge in [0, 0.05) is 38.9 Å². The van der Waals surface area contributed by atoms with E-state index in [1.807, 2.05) is 30.3 Å². The maximum absolute atomic E-state index is 13.4. The largest absolute Gasteiger partial charge is 0.497 e. The number of halogens is 1. The summed E-state index contributed by atoms with van der Waals surface area (Å²) in [5, 5.41) is 4.35. The van der Waals surface area contributed by atoms with Gasteiger partial charge < -0.3 is 14.4 Å². The highest BCUT2D eigenvalue weighted by molar-refractivity contribution is 5.92. The van der Waals surface area contributed by atoms with Crippen LogP contribution in [0.4, 0.5) is 4.39 Å². The maximum atomic E-state index is 13.4. The monoisotopic (exact) mass is 424 g/mol. The molecule has 0 atom stereocenters. The molecule has 8 heteroatoms. The molecule has 2 heterocycles. The molecule has 0 spiro atoms. The molecule has 162 valence electrons. The number of carbonyl (C=O) groups is 1. The molecule has 1 aliphatic rings. The Kier molecular flexibility index (Phi) is 6.47. The first-order valence-electron chi connectivity index (χ1n) is 10.2. The third-order valence-electron chi connectivity index (χ3n) is 5.24. The molecule has 0 radical (unpaired) electrons. The predicted molar refractivity (Wildman–Crippen MR) is 113 cm³/mol. The van der Waals surface area contributed by atoms with Gasteiger partial charge in [-0.1, -0.05) is 12.1 Å². The van der Waals surface area contributed by atoms with Gasteiger partial charge in [0.15, 0.2) is 12.4 Å². The number of amides is 1. The number of hydrogen-bond acceptors (Lipinski definition) is 5. The van der Waals surface area contributed by atoms with Crippen molar-refractivity contribution in [3.63, 3.8) is 0 Å². The molecule has 7 nitrogen and oxygen atoms in total. The fourth-order valence-corrected chi connectivity index (χ4v) is 3.52. The minimum atomic E-state index is -0.224. The van der Waals surface area contributed by atoms with E-state index in [0.29, 0.717) is 31.1 Å². The van der Waals surface area contributed by atoms with Crippen LogP contribution in [0.15, 0.2) is 60.8 Å². The normalized spacial score (nSPS) is 14.5. The van der Waals surface area contributed by atoms with Gasteiger partial charge in [0.1, 0.15) is 17.3 Å². The van der Waals surface area contributed by atoms with E-state index in [0.717, 1.165) is 24.4 Å². The number of nitrogens with zero attached hydrogens (tertiary/aromatic N) is 4. The molecule has 4 rings (SSSR count). The number of ether oxygens (including phenoxy) is 2. The fraction of sp³-hybridized carbons (Fsp3) is 0.304. The van der Waals surface area contributed by atoms with E-state index >= 15 is 0 Å². The quantitative estimate of drug-likeness (QED) is 0.584. The number of carbonyl (C=O) groups excluding carboxylic acids is 1. The third kappa shape index (κ3) is 5.40. The topological polar surface area (TPSA) is 59.8 Å². The summed E-state index contributed by atoms with van der Waals surface area (Å²) >= 11 is 0. The average molecular weight is 424 g/mol. The van der Waals surface area contributed by atoms with Gasteiger partial charge >= 0.3 is 0 Å². The van der Waals surface area contributed by atoms with Gasteiger partial charge in [-0.3, -0.25) is 9.69 Å². The number of methoxy groups -OCH3 is 1. The molecule has 2 aromatic carbocycles. The fourth-order valence-electron chi connectivity index (χ4n) is 3.52. The zero-order valence-corrected chi connectivity index (χ0v) is 17.4. The summed E-state index contributed by atoms with van der Waals surface area (Å²) < 4.78 is 25.8. The van der Waals surface area contributed by atoms with Gasteiger partial charge in [0.25, 0.3) is 5.91 Å². The standard InChI is InChI=1S/C23H25FN4O3/c1-30-20-5-7-21(8-6-20)31-17-28-10-9-22(25-28)23(29)27-13-11-26(12-14-27)16-18-3-2-4-19(24)15-18/h2-10,15H,11-14,16-17H2,1H3. The Morgan fingerprint density at radius 3 is 2.48 bits per heavy atom. The van der Waals surface area contributed by atoms with Crippen molar-refractivity contribution in [3.8, 4) is 11.5 Å². The van der Waals surface area contributed by atoms with Crippen molar-refractivity contribution in [1.29, 1.82) is 0 Å². The number of piperazine rings is 1. The molecule has 0 aliphatic carbocycles. The second kappa shape index (κ2) is 9.61. The highest BCUT2D eigenvalue weighted by Gasteiger charge is 2.23. The first kappa shape index (κ1) is 20.9. The number of rotatable bonds is 7. The highest BCUT2D eigenvalue weighted by Crippen LogP contribution is 2.17. The Hall–Kier alpha value is -3.39. The lowest BCUT2D eigenvalue weighted by molar-refractivity contribution is 0.0620. The highest BCUT2D eigenvalue weighted by atomic mass is 19.1. The van der Waals surface area contributed by atoms with Crippen LogP contribution in [-0.2, 0) is 13.3 Å². The van der Waals surface area contributed by atoms with Crippen molar-refractivity contribution in [2.45, 2.75) is 13.3 Å². The molecule has 31 heavy (non-hydrogen) atoms. The Morgan fingerprint density at radius 1 is 1.03 bits per heavy atom. The molecule has 0 bridgehead atoms. The summed E-state index contributed by atoms with van der Waals surface area (Å²) in [6.45, 7) is 3.60. The van der Waals surface area contributed by atoms with Crippen molar-refractivity contribution >= 4 is 5.91 Å². The van der Waals surface area contributed by atoms with Gasteiger partial charge in [-0.05, 0) is 48.0 Å². The molecule has 0 unspecified atom stereocenters. The van der Waals surface area contributed by atoms with E-state index in [1.165, 1.54) is 6.07 Å². The van der Waals surface area contributed by atoms with Crippen LogP contribution in [0.1, 0.15) is 16.1 Å². The maximum Gasteiger partial charge on any atom is 0.274 e. The molecule has 3 aromatic rings. The second-order valence-corrected chi connectivity index (χ2v) is 7.39. The van der Waals surface area contributed by atoms with E-state index in [1.54, 1.807) is 41.1 Å². The SMILES string of the molecule is COc1ccc(OCn2ccc(C(=O)N3CCN(Cc4cccc(F)c4)CC3)n2)cc1. The third-order valence-corrected chi connectivity index (χ3v) is 5.24. The van der Waals surface area contributed by atoms with Gasteiger partial charge in [0.05, 0.1) is 7.11 Å². The van der Waals surface area contributed by atoms with E-state index in [4.69, 9.17) is 9.47 Å². The van der Waals surface area contributed by atoms with Crippen molar-refractivity contribution in [2.24, 2.45) is 0 Å². The number of aromatic nitrogens is 2. The summed E-state index contributed by atoms with van der Waals surface area (Å²) in [4.78, 5) is 16.8. The van der Waals surface area contributed by atoms with Gasteiger partial charge in [0.2, 0.25) is 0 Å². The minimum absolute atomic E-state index is 0.0893. The van der Waals surface area contributed by atoms with Gasteiger partial charge in [-0.25, -0.2) is 9.07 Å². The molecule has 1 aliphatic heterocycles. The minimum Gasteiger partial charge on any atom is -0.497 e. The van der Waals surface area contributed by atoms with Crippen LogP contribution in [0, 0.1) is 5.82 Å². The molecular formula is C23H25FN4O3. The summed E-state index contributed by atoms with van der Waals surface area (Å²) in [6.07, 6.45) is 1.73. The van der Waals surface area contributed by atoms with E-state index in [9.17, 15) is 9.18 Å². The predicted octanol–water partition coefficient (Wildman–Crippen LogP) is 3.03. The van der Waals surface area contributed by atoms with Crippen molar-refractivity contribution in [2.75, 3.05) is 33.3 Å². The zero-order valence-electron chi connectivity index (χ0n) is 17.4. The molecular weight excluding hydrogens is 399 g/mol. The van der Waals surface area contributed by atoms with Crippen LogP contribution in [0.3, 0.4) is 0 Å². The van der Waals surface area contributed by atoms with Crippen LogP contribution >= 0.6 is 0 Å². The van der Waals surface area contributed by atoms with Crippen molar-refractivity contribution < 1.29 is 18.7 Å². The van der Waals surface area contributed by atoms with Gasteiger partial charge in [-0.2, -0.15) is 5.10 Å². The summed E-state index contributed by atoms with van der Waals surface area (Å²) in [7, 11) is 1.61. The lowest BCUT2D eigenvalue weighted by Crippen LogP contribution is -2.48. The summed E-state index contributed by atoms with van der Waals surface area (Å²) in [5.74, 6) is 1.14. The average Bonchev–Trinajstić information content (AvgIpc) is 3.27. The van der Waals surface area contributed by atoms with E-state index in [-0.39, 0.29) is 18.5 Å². The van der Waals surface area contributed by atoms with Crippen molar-refractivity contribution in [1.82, 2.24) is 19.6 Å². The van der Waals surface area contributed by atoms with Crippen LogP contribution in [0.2, 0.25) is 0 Å². The molecule has 1 fully saturated rings. The van der Waals surface area contributed by atoms with E-state index < -0.39 is 0 Å². The van der Waals surface area contributed by atoms with Crippen molar-refractivity contribution in [3.05, 3.63) is 77.9 Å². The smallest absolute Gasteiger partial charge is 0.274 e. The Balaban J connectivity index is 1.26. The molecule has 0 N–H and O–H groups in total. The lowest BCUT2D eigenvalue weighted by Gasteiger charge is -2.34. The molecule has 1 amide bonds. The number of hydrogen-bond donors (Lipinski definition) is 0. The van der Waals surface area contributed by atoms with E-state index in [2.05, 4.69) is 10.00 Å². The Labute approximate surface area is 180 Å². The zero-order chi connectivity index (χ0) is 21.6. The first-order valence-corrected chi connectivity index (χ1v) is 10.2. The van der Waals surface area contributed by atoms with Crippen LogP contribution in [0.5, 0.6) is 11.5 Å². The van der Waals surface area contributed by atoms with Crippen LogP contribution in [0.25, 0.3) is 0 Å². The molecule has 1 aromatic heterocycles. The second-order valence-electron chi connectivity index (χ2n) is 7.39. The first-order chi connectivity index (χ1) is 15.1. The van der Waals surface area contributed by atoms with Crippen LogP contribution in [-0.4, -0.2) is 58.8 Å². The number of benzene rings is 2. The summed E-state index contributed by atoms with van der Waals surface area (Å²) in [6, 6.07) is 15.6. The van der Waals surface area contributed by atoms with Gasteiger partial charge in [-0.15, -0.1) is 0 Å². The molecule has 0 saturated carbocycles. The lowest BCUT2D eigenvalue weighted by atomic mass is 10.2. The molecule has 1 saturated heterocycles. The Morgan fingerprint density at radius 2 is 1.77 bits per heavy atom. The van der Waals surface area contributed by atoms with Crippen LogP contribution < -0.4 is 9.47 Å². The Bertz CT molecular complexity index is 1010.